The number of nitrogens with one attached hydrogen (secondary N) is 1. The summed E-state index contributed by atoms with van der Waals surface area (Å²) in [4.78, 5) is 15.7. The third kappa shape index (κ3) is 2.38. The fraction of sp³-hybridized carbons (Fsp3) is 0.100. The average Bonchev–Trinajstić information content (AvgIpc) is 2.60. The predicted octanol–water partition coefficient (Wildman–Crippen LogP) is 2.64. The first-order valence-electron chi connectivity index (χ1n) is 8.08. The van der Waals surface area contributed by atoms with Gasteiger partial charge in [-0.05, 0) is 36.6 Å². The molecule has 0 bridgehead atoms. The van der Waals surface area contributed by atoms with E-state index < -0.39 is 5.92 Å². The smallest absolute Gasteiger partial charge is 0.252 e. The molecule has 3 aromatic rings. The van der Waals surface area contributed by atoms with Crippen molar-refractivity contribution >= 4 is 16.6 Å². The number of fused-ring (bicyclic) bond motifs is 2. The van der Waals surface area contributed by atoms with Crippen LogP contribution >= 0.6 is 0 Å². The van der Waals surface area contributed by atoms with Gasteiger partial charge in [-0.1, -0.05) is 17.7 Å². The van der Waals surface area contributed by atoms with Gasteiger partial charge < -0.3 is 21.2 Å². The molecule has 2 aromatic carbocycles. The Hall–Kier alpha value is -3.72. The topological polar surface area (TPSA) is 118 Å². The third-order valence-corrected chi connectivity index (χ3v) is 4.58. The number of ether oxygens (including phenoxy) is 1. The number of anilines is 1. The second-order valence-electron chi connectivity index (χ2n) is 6.37. The summed E-state index contributed by atoms with van der Waals surface area (Å²) in [6, 6.07) is 14.8. The van der Waals surface area contributed by atoms with Gasteiger partial charge in [-0.25, -0.2) is 0 Å². The summed E-state index contributed by atoms with van der Waals surface area (Å²) < 4.78 is 5.56. The molecule has 1 aliphatic rings. The fourth-order valence-electron chi connectivity index (χ4n) is 3.35. The number of allylic oxidation sites excluding steroid dienone is 1. The van der Waals surface area contributed by atoms with Crippen molar-refractivity contribution in [3.8, 4) is 11.8 Å². The highest BCUT2D eigenvalue weighted by molar-refractivity contribution is 5.80. The monoisotopic (exact) mass is 344 g/mol. The molecule has 1 aromatic heterocycles. The molecular formula is C20H16N4O2. The van der Waals surface area contributed by atoms with Crippen LogP contribution in [0.25, 0.3) is 10.9 Å². The summed E-state index contributed by atoms with van der Waals surface area (Å²) in [5.41, 5.74) is 15.2. The van der Waals surface area contributed by atoms with E-state index in [2.05, 4.69) is 11.1 Å². The molecule has 2 heterocycles. The van der Waals surface area contributed by atoms with Gasteiger partial charge in [0.25, 0.3) is 5.56 Å². The fourth-order valence-corrected chi connectivity index (χ4v) is 3.35. The number of nitrogens with two attached hydrogens (primary N) is 2. The van der Waals surface area contributed by atoms with Crippen molar-refractivity contribution in [2.45, 2.75) is 12.8 Å². The van der Waals surface area contributed by atoms with Crippen molar-refractivity contribution in [3.63, 3.8) is 0 Å². The van der Waals surface area contributed by atoms with Gasteiger partial charge >= 0.3 is 0 Å². The van der Waals surface area contributed by atoms with Crippen LogP contribution in [0.3, 0.4) is 0 Å². The van der Waals surface area contributed by atoms with E-state index in [0.717, 1.165) is 16.5 Å². The van der Waals surface area contributed by atoms with Crippen LogP contribution in [0.1, 0.15) is 22.6 Å². The molecule has 128 valence electrons. The Bertz CT molecular complexity index is 1180. The molecular weight excluding hydrogens is 328 g/mol. The van der Waals surface area contributed by atoms with Crippen molar-refractivity contribution in [2.75, 3.05) is 5.73 Å². The zero-order chi connectivity index (χ0) is 18.4. The Kier molecular flexibility index (Phi) is 3.44. The number of aryl methyl sites for hydroxylation is 1. The Morgan fingerprint density at radius 3 is 2.69 bits per heavy atom. The molecule has 0 spiro atoms. The first-order chi connectivity index (χ1) is 12.5. The molecule has 5 N–H and O–H groups in total. The van der Waals surface area contributed by atoms with E-state index in [4.69, 9.17) is 16.2 Å². The number of rotatable bonds is 1. The number of nitriles is 1. The zero-order valence-electron chi connectivity index (χ0n) is 14.0. The first kappa shape index (κ1) is 15.8. The Morgan fingerprint density at radius 1 is 1.12 bits per heavy atom. The number of hydrogen-bond acceptors (Lipinski definition) is 5. The van der Waals surface area contributed by atoms with Gasteiger partial charge in [-0.3, -0.25) is 4.79 Å². The maximum absolute atomic E-state index is 12.8. The minimum absolute atomic E-state index is 0.0145. The standard InChI is InChI=1S/C20H16N4O2/c1-10-2-5-16-11(6-10)7-14(20(25)24-16)18-13-4-3-12(22)8-17(13)26-19(23)15(18)9-21/h2-8,18H,22-23H2,1H3,(H,24,25). The zero-order valence-corrected chi connectivity index (χ0v) is 14.0. The van der Waals surface area contributed by atoms with E-state index in [1.807, 2.05) is 31.2 Å². The van der Waals surface area contributed by atoms with E-state index in [1.165, 1.54) is 0 Å². The van der Waals surface area contributed by atoms with Crippen LogP contribution in [-0.2, 0) is 0 Å². The van der Waals surface area contributed by atoms with Crippen molar-refractivity contribution in [3.05, 3.63) is 81.0 Å². The molecule has 0 saturated heterocycles. The Balaban J connectivity index is 2.02. The SMILES string of the molecule is Cc1ccc2[nH]c(=O)c(C3C(C#N)=C(N)Oc4cc(N)ccc43)cc2c1. The van der Waals surface area contributed by atoms with Crippen LogP contribution in [0.5, 0.6) is 5.75 Å². The highest BCUT2D eigenvalue weighted by Crippen LogP contribution is 2.42. The number of aromatic nitrogens is 1. The Morgan fingerprint density at radius 2 is 1.92 bits per heavy atom. The lowest BCUT2D eigenvalue weighted by molar-refractivity contribution is 0.394. The van der Waals surface area contributed by atoms with Crippen LogP contribution in [0, 0.1) is 18.3 Å². The summed E-state index contributed by atoms with van der Waals surface area (Å²) in [6.07, 6.45) is 0. The lowest BCUT2D eigenvalue weighted by Gasteiger charge is -2.26. The molecule has 1 unspecified atom stereocenters. The van der Waals surface area contributed by atoms with Crippen LogP contribution in [0.15, 0.2) is 58.7 Å². The predicted molar refractivity (Wildman–Crippen MR) is 99.5 cm³/mol. The van der Waals surface area contributed by atoms with Crippen molar-refractivity contribution in [2.24, 2.45) is 5.73 Å². The van der Waals surface area contributed by atoms with Crippen molar-refractivity contribution in [1.82, 2.24) is 4.98 Å². The number of hydrogen-bond donors (Lipinski definition) is 3. The highest BCUT2D eigenvalue weighted by atomic mass is 16.5. The molecule has 4 rings (SSSR count). The maximum Gasteiger partial charge on any atom is 0.252 e. The number of H-pyrrole nitrogens is 1. The molecule has 0 amide bonds. The number of pyridine rings is 1. The van der Waals surface area contributed by atoms with E-state index in [9.17, 15) is 10.1 Å². The molecule has 0 fully saturated rings. The van der Waals surface area contributed by atoms with Crippen molar-refractivity contribution in [1.29, 1.82) is 5.26 Å². The summed E-state index contributed by atoms with van der Waals surface area (Å²) in [5, 5.41) is 10.5. The van der Waals surface area contributed by atoms with Gasteiger partial charge in [0, 0.05) is 28.4 Å². The number of aromatic amines is 1. The van der Waals surface area contributed by atoms with Crippen molar-refractivity contribution < 1.29 is 4.74 Å². The number of nitrogen functional groups attached to an aromatic ring is 1. The lowest BCUT2D eigenvalue weighted by Crippen LogP contribution is -2.25. The van der Waals surface area contributed by atoms with E-state index in [1.54, 1.807) is 18.2 Å². The number of benzene rings is 2. The molecule has 6 nitrogen and oxygen atoms in total. The molecule has 1 aliphatic heterocycles. The second-order valence-corrected chi connectivity index (χ2v) is 6.37. The third-order valence-electron chi connectivity index (χ3n) is 4.58. The van der Waals surface area contributed by atoms with E-state index in [0.29, 0.717) is 22.6 Å². The summed E-state index contributed by atoms with van der Waals surface area (Å²) in [5.74, 6) is -0.174. The van der Waals surface area contributed by atoms with Gasteiger partial charge in [0.2, 0.25) is 5.88 Å². The van der Waals surface area contributed by atoms with E-state index >= 15 is 0 Å². The molecule has 0 radical (unpaired) electrons. The van der Waals surface area contributed by atoms with Gasteiger partial charge in [-0.2, -0.15) is 5.26 Å². The molecule has 0 aliphatic carbocycles. The molecule has 0 saturated carbocycles. The van der Waals surface area contributed by atoms with E-state index in [-0.39, 0.29) is 17.0 Å². The summed E-state index contributed by atoms with van der Waals surface area (Å²) in [6.45, 7) is 1.98. The Labute approximate surface area is 149 Å². The van der Waals surface area contributed by atoms with Crippen LogP contribution in [-0.4, -0.2) is 4.98 Å². The summed E-state index contributed by atoms with van der Waals surface area (Å²) in [7, 11) is 0. The minimum Gasteiger partial charge on any atom is -0.440 e. The highest BCUT2D eigenvalue weighted by Gasteiger charge is 2.32. The van der Waals surface area contributed by atoms with Gasteiger partial charge in [0.05, 0.1) is 5.92 Å². The van der Waals surface area contributed by atoms with Gasteiger partial charge in [0.1, 0.15) is 17.4 Å². The maximum atomic E-state index is 12.8. The number of nitrogens with zero attached hydrogens (tertiary/aromatic N) is 1. The second kappa shape index (κ2) is 5.67. The first-order valence-corrected chi connectivity index (χ1v) is 8.08. The van der Waals surface area contributed by atoms with Crippen LogP contribution in [0.4, 0.5) is 5.69 Å². The molecule has 1 atom stereocenters. The van der Waals surface area contributed by atoms with Crippen LogP contribution in [0.2, 0.25) is 0 Å². The summed E-state index contributed by atoms with van der Waals surface area (Å²) >= 11 is 0. The van der Waals surface area contributed by atoms with Gasteiger partial charge in [-0.15, -0.1) is 0 Å². The lowest BCUT2D eigenvalue weighted by atomic mass is 9.83. The minimum atomic E-state index is -0.613. The quantitative estimate of drug-likeness (QED) is 0.587. The largest absolute Gasteiger partial charge is 0.440 e. The average molecular weight is 344 g/mol. The molecule has 26 heavy (non-hydrogen) atoms. The van der Waals surface area contributed by atoms with Gasteiger partial charge in [0.15, 0.2) is 0 Å². The normalized spacial score (nSPS) is 16.1. The molecule has 6 heteroatoms. The van der Waals surface area contributed by atoms with Crippen LogP contribution < -0.4 is 21.8 Å².